The van der Waals surface area contributed by atoms with Crippen LogP contribution in [-0.4, -0.2) is 40.0 Å². The molecule has 0 aromatic carbocycles. The van der Waals surface area contributed by atoms with Gasteiger partial charge in [0, 0.05) is 37.9 Å². The van der Waals surface area contributed by atoms with Crippen molar-refractivity contribution in [3.8, 4) is 5.82 Å². The molecule has 1 spiro atoms. The van der Waals surface area contributed by atoms with E-state index in [1.165, 1.54) is 17.8 Å². The Kier molecular flexibility index (Phi) is 3.99. The Morgan fingerprint density at radius 3 is 2.96 bits per heavy atom. The molecule has 3 aliphatic rings. The number of anilines is 1. The molecule has 1 saturated carbocycles. The minimum absolute atomic E-state index is 0.131. The van der Waals surface area contributed by atoms with Crippen LogP contribution in [0, 0.1) is 5.92 Å². The Bertz CT molecular complexity index is 856. The molecule has 0 radical (unpaired) electrons. The maximum Gasteiger partial charge on any atom is 0.225 e. The van der Waals surface area contributed by atoms with Gasteiger partial charge < -0.3 is 14.4 Å². The summed E-state index contributed by atoms with van der Waals surface area (Å²) in [6.07, 6.45) is 10.7. The van der Waals surface area contributed by atoms with E-state index in [2.05, 4.69) is 45.7 Å². The minimum atomic E-state index is -0.131. The molecule has 2 fully saturated rings. The summed E-state index contributed by atoms with van der Waals surface area (Å²) in [5.41, 5.74) is 2.36. The lowest BCUT2D eigenvalue weighted by molar-refractivity contribution is -0.137. The van der Waals surface area contributed by atoms with Crippen LogP contribution < -0.4 is 4.90 Å². The zero-order valence-corrected chi connectivity index (χ0v) is 16.1. The molecule has 0 bridgehead atoms. The number of carbonyl (C=O) groups is 1. The van der Waals surface area contributed by atoms with Gasteiger partial charge in [-0.2, -0.15) is 0 Å². The number of pyridine rings is 1. The number of rotatable bonds is 4. The molecule has 142 valence electrons. The number of unbranched alkanes of at least 4 members (excludes halogenated alkanes) is 1. The van der Waals surface area contributed by atoms with Crippen LogP contribution in [0.1, 0.15) is 51.1 Å². The summed E-state index contributed by atoms with van der Waals surface area (Å²) in [5, 5.41) is 0. The van der Waals surface area contributed by atoms with E-state index in [1.807, 2.05) is 12.3 Å². The zero-order valence-electron chi connectivity index (χ0n) is 16.1. The first-order valence-electron chi connectivity index (χ1n) is 10.4. The smallest absolute Gasteiger partial charge is 0.225 e. The fourth-order valence-corrected chi connectivity index (χ4v) is 5.07. The van der Waals surface area contributed by atoms with Crippen LogP contribution in [0.3, 0.4) is 0 Å². The average molecular weight is 364 g/mol. The molecule has 1 aliphatic carbocycles. The third kappa shape index (κ3) is 2.43. The van der Waals surface area contributed by atoms with Gasteiger partial charge >= 0.3 is 0 Å². The van der Waals surface area contributed by atoms with E-state index >= 15 is 0 Å². The van der Waals surface area contributed by atoms with Gasteiger partial charge in [0.1, 0.15) is 5.54 Å². The Labute approximate surface area is 161 Å². The van der Waals surface area contributed by atoms with Gasteiger partial charge in [0.05, 0.1) is 11.4 Å². The maximum absolute atomic E-state index is 13.0. The van der Waals surface area contributed by atoms with Crippen molar-refractivity contribution in [1.82, 2.24) is 14.5 Å². The molecule has 2 aromatic heterocycles. The van der Waals surface area contributed by atoms with Crippen LogP contribution in [0.25, 0.3) is 5.82 Å². The van der Waals surface area contributed by atoms with E-state index < -0.39 is 0 Å². The van der Waals surface area contributed by atoms with Gasteiger partial charge in [0.15, 0.2) is 5.82 Å². The molecule has 4 heterocycles. The number of fused-ring (bicyclic) bond motifs is 4. The number of likely N-dealkylation sites (tertiary alicyclic amines) is 1. The van der Waals surface area contributed by atoms with Gasteiger partial charge in [0.25, 0.3) is 0 Å². The van der Waals surface area contributed by atoms with Crippen molar-refractivity contribution < 1.29 is 4.79 Å². The van der Waals surface area contributed by atoms with Crippen LogP contribution in [0.4, 0.5) is 5.69 Å². The van der Waals surface area contributed by atoms with Crippen molar-refractivity contribution in [3.63, 3.8) is 0 Å². The van der Waals surface area contributed by atoms with Crippen molar-refractivity contribution in [1.29, 1.82) is 0 Å². The van der Waals surface area contributed by atoms with Gasteiger partial charge in [-0.25, -0.2) is 4.98 Å². The van der Waals surface area contributed by atoms with E-state index in [4.69, 9.17) is 4.98 Å². The van der Waals surface area contributed by atoms with Gasteiger partial charge in [-0.05, 0) is 49.9 Å². The second kappa shape index (κ2) is 6.39. The molecule has 5 heteroatoms. The van der Waals surface area contributed by atoms with Crippen LogP contribution >= 0.6 is 0 Å². The molecule has 27 heavy (non-hydrogen) atoms. The summed E-state index contributed by atoms with van der Waals surface area (Å²) in [4.78, 5) is 22.3. The molecule has 1 amide bonds. The highest BCUT2D eigenvalue weighted by Crippen LogP contribution is 2.47. The van der Waals surface area contributed by atoms with Crippen molar-refractivity contribution in [3.05, 3.63) is 42.4 Å². The molecule has 0 unspecified atom stereocenters. The lowest BCUT2D eigenvalue weighted by atomic mass is 9.84. The quantitative estimate of drug-likeness (QED) is 0.830. The van der Waals surface area contributed by atoms with Crippen molar-refractivity contribution in [2.24, 2.45) is 5.92 Å². The summed E-state index contributed by atoms with van der Waals surface area (Å²) in [7, 11) is 0. The SMILES string of the molecule is CCCCN1c2cccnc2-n2cccc2[C@@]12CCN(C(=O)C1CCC1)C2. The Morgan fingerprint density at radius 2 is 2.19 bits per heavy atom. The number of carbonyl (C=O) groups excluding carboxylic acids is 1. The lowest BCUT2D eigenvalue weighted by Gasteiger charge is -2.47. The molecule has 2 aliphatic heterocycles. The Hall–Kier alpha value is -2.30. The molecule has 1 atom stereocenters. The Morgan fingerprint density at radius 1 is 1.30 bits per heavy atom. The summed E-state index contributed by atoms with van der Waals surface area (Å²) < 4.78 is 2.25. The first kappa shape index (κ1) is 16.8. The van der Waals surface area contributed by atoms with Gasteiger partial charge in [-0.1, -0.05) is 19.8 Å². The Balaban J connectivity index is 1.56. The maximum atomic E-state index is 13.0. The first-order chi connectivity index (χ1) is 13.2. The molecule has 5 nitrogen and oxygen atoms in total. The second-order valence-corrected chi connectivity index (χ2v) is 8.28. The third-order valence-electron chi connectivity index (χ3n) is 6.78. The molecular formula is C22H28N4O. The normalized spacial score (nSPS) is 24.0. The van der Waals surface area contributed by atoms with E-state index in [0.717, 1.165) is 57.6 Å². The summed E-state index contributed by atoms with van der Waals surface area (Å²) in [6, 6.07) is 8.58. The standard InChI is InChI=1S/C22H28N4O/c1-2-3-14-26-18-9-5-12-23-20(18)25-13-6-10-19(25)22(26)11-15-24(16-22)21(27)17-7-4-8-17/h5-6,9-10,12-13,17H,2-4,7-8,11,14-16H2,1H3/t22-/m0/s1. The lowest BCUT2D eigenvalue weighted by Crippen LogP contribution is -2.53. The number of hydrogen-bond acceptors (Lipinski definition) is 3. The highest BCUT2D eigenvalue weighted by Gasteiger charge is 2.51. The van der Waals surface area contributed by atoms with Crippen LogP contribution in [-0.2, 0) is 10.3 Å². The monoisotopic (exact) mass is 364 g/mol. The van der Waals surface area contributed by atoms with Crippen LogP contribution in [0.15, 0.2) is 36.7 Å². The number of amides is 1. The van der Waals surface area contributed by atoms with Gasteiger partial charge in [-0.15, -0.1) is 0 Å². The van der Waals surface area contributed by atoms with Gasteiger partial charge in [-0.3, -0.25) is 4.79 Å². The van der Waals surface area contributed by atoms with E-state index in [0.29, 0.717) is 5.91 Å². The minimum Gasteiger partial charge on any atom is -0.355 e. The molecule has 0 N–H and O–H groups in total. The largest absolute Gasteiger partial charge is 0.355 e. The van der Waals surface area contributed by atoms with Crippen LogP contribution in [0.5, 0.6) is 0 Å². The van der Waals surface area contributed by atoms with Crippen LogP contribution in [0.2, 0.25) is 0 Å². The number of hydrogen-bond donors (Lipinski definition) is 0. The van der Waals surface area contributed by atoms with E-state index in [1.54, 1.807) is 0 Å². The third-order valence-corrected chi connectivity index (χ3v) is 6.78. The van der Waals surface area contributed by atoms with Crippen molar-refractivity contribution in [2.45, 2.75) is 51.0 Å². The molecule has 1 saturated heterocycles. The van der Waals surface area contributed by atoms with Crippen molar-refractivity contribution >= 4 is 11.6 Å². The van der Waals surface area contributed by atoms with Gasteiger partial charge in [0.2, 0.25) is 5.91 Å². The molecule has 5 rings (SSSR count). The molecular weight excluding hydrogens is 336 g/mol. The number of aromatic nitrogens is 2. The average Bonchev–Trinajstić information content (AvgIpc) is 3.29. The van der Waals surface area contributed by atoms with E-state index in [9.17, 15) is 4.79 Å². The molecule has 2 aromatic rings. The predicted molar refractivity (Wildman–Crippen MR) is 106 cm³/mol. The predicted octanol–water partition coefficient (Wildman–Crippen LogP) is 3.72. The van der Waals surface area contributed by atoms with Crippen molar-refractivity contribution in [2.75, 3.05) is 24.5 Å². The topological polar surface area (TPSA) is 41.4 Å². The summed E-state index contributed by atoms with van der Waals surface area (Å²) >= 11 is 0. The first-order valence-corrected chi connectivity index (χ1v) is 10.4. The zero-order chi connectivity index (χ0) is 18.4. The highest BCUT2D eigenvalue weighted by molar-refractivity contribution is 5.80. The fraction of sp³-hybridized carbons (Fsp3) is 0.545. The highest BCUT2D eigenvalue weighted by atomic mass is 16.2. The fourth-order valence-electron chi connectivity index (χ4n) is 5.07. The summed E-state index contributed by atoms with van der Waals surface area (Å²) in [6.45, 7) is 4.90. The van der Waals surface area contributed by atoms with E-state index in [-0.39, 0.29) is 11.5 Å². The number of nitrogens with zero attached hydrogens (tertiary/aromatic N) is 4. The summed E-state index contributed by atoms with van der Waals surface area (Å²) in [5.74, 6) is 1.67. The second-order valence-electron chi connectivity index (χ2n) is 8.28.